The normalized spacial score (nSPS) is 10.9. The molecule has 0 aliphatic carbocycles. The van der Waals surface area contributed by atoms with Gasteiger partial charge in [-0.05, 0) is 37.0 Å². The maximum absolute atomic E-state index is 5.56. The van der Waals surface area contributed by atoms with Crippen LogP contribution in [0.5, 0.6) is 0 Å². The van der Waals surface area contributed by atoms with E-state index in [1.165, 1.54) is 11.3 Å². The molecule has 1 N–H and O–H groups in total. The highest BCUT2D eigenvalue weighted by molar-refractivity contribution is 9.10. The van der Waals surface area contributed by atoms with E-state index in [1.54, 1.807) is 0 Å². The molecule has 0 unspecified atom stereocenters. The third-order valence-corrected chi connectivity index (χ3v) is 3.53. The second-order valence-electron chi connectivity index (χ2n) is 4.63. The van der Waals surface area contributed by atoms with Crippen molar-refractivity contribution in [1.29, 1.82) is 0 Å². The van der Waals surface area contributed by atoms with Gasteiger partial charge in [-0.25, -0.2) is 0 Å². The summed E-state index contributed by atoms with van der Waals surface area (Å²) in [5.74, 6) is 0.718. The summed E-state index contributed by atoms with van der Waals surface area (Å²) in [5, 5.41) is 3.39. The summed E-state index contributed by atoms with van der Waals surface area (Å²) < 4.78 is 6.70. The summed E-state index contributed by atoms with van der Waals surface area (Å²) in [4.78, 5) is 0. The molecule has 3 heteroatoms. The van der Waals surface area contributed by atoms with E-state index in [1.807, 2.05) is 6.07 Å². The first-order valence-electron chi connectivity index (χ1n) is 6.18. The van der Waals surface area contributed by atoms with Crippen LogP contribution in [0, 0.1) is 12.8 Å². The van der Waals surface area contributed by atoms with Gasteiger partial charge in [-0.2, -0.15) is 0 Å². The zero-order valence-electron chi connectivity index (χ0n) is 10.9. The Morgan fingerprint density at radius 3 is 2.76 bits per heavy atom. The molecule has 0 fully saturated rings. The molecule has 0 aliphatic rings. The monoisotopic (exact) mass is 299 g/mol. The van der Waals surface area contributed by atoms with Crippen LogP contribution in [-0.4, -0.2) is 19.8 Å². The first kappa shape index (κ1) is 14.5. The van der Waals surface area contributed by atoms with Crippen LogP contribution in [0.15, 0.2) is 22.7 Å². The Morgan fingerprint density at radius 1 is 1.29 bits per heavy atom. The molecule has 0 radical (unpaired) electrons. The molecule has 17 heavy (non-hydrogen) atoms. The van der Waals surface area contributed by atoms with E-state index in [4.69, 9.17) is 4.74 Å². The molecule has 0 saturated heterocycles. The zero-order chi connectivity index (χ0) is 12.7. The molecule has 0 spiro atoms. The van der Waals surface area contributed by atoms with Crippen LogP contribution in [0.1, 0.15) is 25.8 Å². The van der Waals surface area contributed by atoms with Crippen LogP contribution < -0.4 is 5.32 Å². The van der Waals surface area contributed by atoms with E-state index in [0.29, 0.717) is 0 Å². The molecule has 0 aromatic heterocycles. The Bertz CT molecular complexity index is 339. The number of benzene rings is 1. The van der Waals surface area contributed by atoms with E-state index in [-0.39, 0.29) is 0 Å². The number of nitrogens with one attached hydrogen (secondary N) is 1. The maximum atomic E-state index is 5.56. The van der Waals surface area contributed by atoms with Gasteiger partial charge in [0.25, 0.3) is 0 Å². The van der Waals surface area contributed by atoms with Crippen LogP contribution in [-0.2, 0) is 4.74 Å². The van der Waals surface area contributed by atoms with E-state index < -0.39 is 0 Å². The lowest BCUT2D eigenvalue weighted by molar-refractivity contribution is 0.132. The smallest absolute Gasteiger partial charge is 0.0639 e. The molecule has 0 heterocycles. The van der Waals surface area contributed by atoms with Crippen LogP contribution in [0.3, 0.4) is 0 Å². The minimum Gasteiger partial charge on any atom is -0.382 e. The molecule has 1 aromatic rings. The van der Waals surface area contributed by atoms with Crippen molar-refractivity contribution in [2.75, 3.05) is 25.1 Å². The second kappa shape index (κ2) is 7.72. The highest BCUT2D eigenvalue weighted by Gasteiger charge is 2.00. The first-order chi connectivity index (χ1) is 8.11. The van der Waals surface area contributed by atoms with Crippen molar-refractivity contribution >= 4 is 21.6 Å². The van der Waals surface area contributed by atoms with Gasteiger partial charge in [0.2, 0.25) is 0 Å². The van der Waals surface area contributed by atoms with Crippen molar-refractivity contribution in [3.63, 3.8) is 0 Å². The topological polar surface area (TPSA) is 21.3 Å². The van der Waals surface area contributed by atoms with Crippen LogP contribution in [0.25, 0.3) is 0 Å². The standard InChI is InChI=1S/C14H22BrNO/c1-11(2)7-9-17-10-8-16-14-6-4-5-13(15)12(14)3/h4-6,11,16H,7-10H2,1-3H3. The van der Waals surface area contributed by atoms with Gasteiger partial charge >= 0.3 is 0 Å². The Balaban J connectivity index is 2.20. The molecule has 1 rings (SSSR count). The summed E-state index contributed by atoms with van der Waals surface area (Å²) in [5.41, 5.74) is 2.42. The molecule has 0 bridgehead atoms. The summed E-state index contributed by atoms with van der Waals surface area (Å²) >= 11 is 3.52. The molecule has 0 amide bonds. The fourth-order valence-electron chi connectivity index (χ4n) is 1.48. The van der Waals surface area contributed by atoms with Gasteiger partial charge in [0.15, 0.2) is 0 Å². The Hall–Kier alpha value is -0.540. The average molecular weight is 300 g/mol. The highest BCUT2D eigenvalue weighted by Crippen LogP contribution is 2.23. The molecule has 2 nitrogen and oxygen atoms in total. The quantitative estimate of drug-likeness (QED) is 0.761. The maximum Gasteiger partial charge on any atom is 0.0639 e. The van der Waals surface area contributed by atoms with Gasteiger partial charge in [-0.15, -0.1) is 0 Å². The summed E-state index contributed by atoms with van der Waals surface area (Å²) in [6, 6.07) is 6.19. The number of hydrogen-bond acceptors (Lipinski definition) is 2. The average Bonchev–Trinajstić information content (AvgIpc) is 2.28. The molecule has 1 aromatic carbocycles. The van der Waals surface area contributed by atoms with Gasteiger partial charge < -0.3 is 10.1 Å². The number of halogens is 1. The van der Waals surface area contributed by atoms with Crippen molar-refractivity contribution < 1.29 is 4.74 Å². The number of rotatable bonds is 7. The molecular formula is C14H22BrNO. The van der Waals surface area contributed by atoms with Crippen molar-refractivity contribution in [3.05, 3.63) is 28.2 Å². The molecule has 0 saturated carbocycles. The van der Waals surface area contributed by atoms with E-state index in [9.17, 15) is 0 Å². The van der Waals surface area contributed by atoms with Crippen LogP contribution in [0.4, 0.5) is 5.69 Å². The van der Waals surface area contributed by atoms with Gasteiger partial charge in [0.1, 0.15) is 0 Å². The summed E-state index contributed by atoms with van der Waals surface area (Å²) in [6.07, 6.45) is 1.13. The fourth-order valence-corrected chi connectivity index (χ4v) is 1.84. The number of anilines is 1. The van der Waals surface area contributed by atoms with Crippen molar-refractivity contribution in [2.45, 2.75) is 27.2 Å². The lowest BCUT2D eigenvalue weighted by atomic mass is 10.1. The lowest BCUT2D eigenvalue weighted by Crippen LogP contribution is -2.11. The number of hydrogen-bond donors (Lipinski definition) is 1. The number of ether oxygens (including phenoxy) is 1. The molecule has 96 valence electrons. The SMILES string of the molecule is Cc1c(Br)cccc1NCCOCCC(C)C. The third-order valence-electron chi connectivity index (χ3n) is 2.67. The predicted molar refractivity (Wildman–Crippen MR) is 77.6 cm³/mol. The molecular weight excluding hydrogens is 278 g/mol. The molecule has 0 aliphatic heterocycles. The minimum atomic E-state index is 0.718. The summed E-state index contributed by atoms with van der Waals surface area (Å²) in [6.45, 7) is 9.01. The Labute approximate surface area is 113 Å². The minimum absolute atomic E-state index is 0.718. The van der Waals surface area contributed by atoms with Gasteiger partial charge in [-0.1, -0.05) is 35.8 Å². The third kappa shape index (κ3) is 5.55. The zero-order valence-corrected chi connectivity index (χ0v) is 12.5. The predicted octanol–water partition coefficient (Wildman–Crippen LogP) is 4.23. The van der Waals surface area contributed by atoms with E-state index in [0.717, 1.165) is 36.6 Å². The second-order valence-corrected chi connectivity index (χ2v) is 5.49. The van der Waals surface area contributed by atoms with E-state index in [2.05, 4.69) is 54.2 Å². The van der Waals surface area contributed by atoms with Crippen LogP contribution >= 0.6 is 15.9 Å². The Morgan fingerprint density at radius 2 is 2.06 bits per heavy atom. The van der Waals surface area contributed by atoms with Crippen molar-refractivity contribution in [2.24, 2.45) is 5.92 Å². The van der Waals surface area contributed by atoms with E-state index >= 15 is 0 Å². The largest absolute Gasteiger partial charge is 0.382 e. The summed E-state index contributed by atoms with van der Waals surface area (Å²) in [7, 11) is 0. The van der Waals surface area contributed by atoms with Crippen molar-refractivity contribution in [1.82, 2.24) is 0 Å². The van der Waals surface area contributed by atoms with Gasteiger partial charge in [-0.3, -0.25) is 0 Å². The Kier molecular flexibility index (Phi) is 6.60. The van der Waals surface area contributed by atoms with Gasteiger partial charge in [0, 0.05) is 23.3 Å². The first-order valence-corrected chi connectivity index (χ1v) is 6.97. The van der Waals surface area contributed by atoms with Gasteiger partial charge in [0.05, 0.1) is 6.61 Å². The lowest BCUT2D eigenvalue weighted by Gasteiger charge is -2.11. The molecule has 0 atom stereocenters. The highest BCUT2D eigenvalue weighted by atomic mass is 79.9. The van der Waals surface area contributed by atoms with Crippen molar-refractivity contribution in [3.8, 4) is 0 Å². The fraction of sp³-hybridized carbons (Fsp3) is 0.571. The van der Waals surface area contributed by atoms with Crippen LogP contribution in [0.2, 0.25) is 0 Å².